The summed E-state index contributed by atoms with van der Waals surface area (Å²) in [7, 11) is 1.62. The van der Waals surface area contributed by atoms with Gasteiger partial charge in [-0.05, 0) is 37.1 Å². The van der Waals surface area contributed by atoms with Gasteiger partial charge in [-0.1, -0.05) is 12.1 Å². The lowest BCUT2D eigenvalue weighted by molar-refractivity contribution is -0.116. The van der Waals surface area contributed by atoms with Crippen molar-refractivity contribution in [2.75, 3.05) is 13.7 Å². The standard InChI is InChI=1S/C14H20N2O2/c1-11(15)9-10-16-14(17)8-5-12-3-6-13(18-2)7-4-12/h3-8,11H,9-10,15H2,1-2H3,(H,16,17). The van der Waals surface area contributed by atoms with Crippen molar-refractivity contribution in [3.63, 3.8) is 0 Å². The third kappa shape index (κ3) is 5.50. The van der Waals surface area contributed by atoms with E-state index in [1.807, 2.05) is 31.2 Å². The van der Waals surface area contributed by atoms with Crippen LogP contribution in [0.2, 0.25) is 0 Å². The molecule has 4 nitrogen and oxygen atoms in total. The first-order valence-electron chi connectivity index (χ1n) is 5.97. The second-order valence-corrected chi connectivity index (χ2v) is 4.16. The zero-order valence-electron chi connectivity index (χ0n) is 10.8. The van der Waals surface area contributed by atoms with Crippen LogP contribution in [-0.2, 0) is 4.79 Å². The minimum atomic E-state index is -0.105. The predicted molar refractivity (Wildman–Crippen MR) is 73.3 cm³/mol. The molecule has 1 rings (SSSR count). The van der Waals surface area contributed by atoms with Gasteiger partial charge in [0, 0.05) is 18.7 Å². The van der Waals surface area contributed by atoms with E-state index in [1.165, 1.54) is 6.08 Å². The summed E-state index contributed by atoms with van der Waals surface area (Å²) in [5.74, 6) is 0.694. The van der Waals surface area contributed by atoms with Crippen LogP contribution in [0.25, 0.3) is 6.08 Å². The molecule has 3 N–H and O–H groups in total. The molecule has 0 radical (unpaired) electrons. The molecule has 0 aliphatic heterocycles. The molecule has 1 aromatic rings. The van der Waals surface area contributed by atoms with E-state index in [4.69, 9.17) is 10.5 Å². The van der Waals surface area contributed by atoms with Crippen molar-refractivity contribution in [3.05, 3.63) is 35.9 Å². The van der Waals surface area contributed by atoms with E-state index in [0.29, 0.717) is 6.54 Å². The average molecular weight is 248 g/mol. The Labute approximate surface area is 108 Å². The zero-order valence-corrected chi connectivity index (χ0v) is 10.8. The summed E-state index contributed by atoms with van der Waals surface area (Å²) in [4.78, 5) is 11.5. The van der Waals surface area contributed by atoms with Gasteiger partial charge in [0.2, 0.25) is 5.91 Å². The smallest absolute Gasteiger partial charge is 0.243 e. The monoisotopic (exact) mass is 248 g/mol. The fourth-order valence-electron chi connectivity index (χ4n) is 1.37. The highest BCUT2D eigenvalue weighted by Crippen LogP contribution is 2.12. The Morgan fingerprint density at radius 3 is 2.67 bits per heavy atom. The highest BCUT2D eigenvalue weighted by atomic mass is 16.5. The number of nitrogens with one attached hydrogen (secondary N) is 1. The number of ether oxygens (including phenoxy) is 1. The van der Waals surface area contributed by atoms with E-state index in [9.17, 15) is 4.79 Å². The molecule has 1 amide bonds. The third-order valence-electron chi connectivity index (χ3n) is 2.44. The van der Waals surface area contributed by atoms with Gasteiger partial charge in [0.05, 0.1) is 7.11 Å². The van der Waals surface area contributed by atoms with Gasteiger partial charge < -0.3 is 15.8 Å². The Morgan fingerprint density at radius 2 is 2.11 bits per heavy atom. The van der Waals surface area contributed by atoms with Crippen molar-refractivity contribution in [2.45, 2.75) is 19.4 Å². The summed E-state index contributed by atoms with van der Waals surface area (Å²) >= 11 is 0. The number of rotatable bonds is 6. The molecule has 0 bridgehead atoms. The fraction of sp³-hybridized carbons (Fsp3) is 0.357. The molecular formula is C14H20N2O2. The highest BCUT2D eigenvalue weighted by molar-refractivity contribution is 5.91. The molecule has 0 spiro atoms. The van der Waals surface area contributed by atoms with Crippen LogP contribution < -0.4 is 15.8 Å². The Morgan fingerprint density at radius 1 is 1.44 bits per heavy atom. The van der Waals surface area contributed by atoms with Crippen molar-refractivity contribution >= 4 is 12.0 Å². The van der Waals surface area contributed by atoms with Gasteiger partial charge in [0.1, 0.15) is 5.75 Å². The third-order valence-corrected chi connectivity index (χ3v) is 2.44. The Hall–Kier alpha value is -1.81. The number of nitrogens with two attached hydrogens (primary N) is 1. The van der Waals surface area contributed by atoms with Crippen LogP contribution in [-0.4, -0.2) is 25.6 Å². The Kier molecular flexibility index (Phi) is 5.94. The molecule has 0 saturated heterocycles. The van der Waals surface area contributed by atoms with Gasteiger partial charge in [-0.15, -0.1) is 0 Å². The van der Waals surface area contributed by atoms with E-state index in [-0.39, 0.29) is 11.9 Å². The predicted octanol–water partition coefficient (Wildman–Crippen LogP) is 1.56. The van der Waals surface area contributed by atoms with Crippen LogP contribution in [0.1, 0.15) is 18.9 Å². The van der Waals surface area contributed by atoms with Crippen LogP contribution in [0.5, 0.6) is 5.75 Å². The minimum Gasteiger partial charge on any atom is -0.497 e. The molecule has 1 atom stereocenters. The minimum absolute atomic E-state index is 0.105. The Bertz CT molecular complexity index is 397. The molecule has 0 aliphatic carbocycles. The second kappa shape index (κ2) is 7.50. The van der Waals surface area contributed by atoms with Crippen molar-refractivity contribution in [1.82, 2.24) is 5.32 Å². The largest absolute Gasteiger partial charge is 0.497 e. The van der Waals surface area contributed by atoms with Crippen LogP contribution in [0, 0.1) is 0 Å². The SMILES string of the molecule is COc1ccc(C=CC(=O)NCCC(C)N)cc1. The molecule has 1 unspecified atom stereocenters. The molecule has 0 saturated carbocycles. The quantitative estimate of drug-likeness (QED) is 0.751. The molecule has 0 heterocycles. The van der Waals surface area contributed by atoms with Crippen molar-refractivity contribution in [1.29, 1.82) is 0 Å². The number of carbonyl (C=O) groups excluding carboxylic acids is 1. The van der Waals surface area contributed by atoms with Crippen molar-refractivity contribution < 1.29 is 9.53 Å². The van der Waals surface area contributed by atoms with Crippen LogP contribution in [0.4, 0.5) is 0 Å². The lowest BCUT2D eigenvalue weighted by atomic mass is 10.2. The highest BCUT2D eigenvalue weighted by Gasteiger charge is 1.97. The van der Waals surface area contributed by atoms with Gasteiger partial charge in [0.25, 0.3) is 0 Å². The maximum absolute atomic E-state index is 11.5. The molecular weight excluding hydrogens is 228 g/mol. The molecule has 0 aromatic heterocycles. The number of hydrogen-bond donors (Lipinski definition) is 2. The van der Waals surface area contributed by atoms with Crippen LogP contribution >= 0.6 is 0 Å². The number of hydrogen-bond acceptors (Lipinski definition) is 3. The topological polar surface area (TPSA) is 64.3 Å². The van der Waals surface area contributed by atoms with Crippen molar-refractivity contribution in [2.24, 2.45) is 5.73 Å². The lowest BCUT2D eigenvalue weighted by Gasteiger charge is -2.04. The first-order valence-corrected chi connectivity index (χ1v) is 5.97. The number of benzene rings is 1. The molecule has 0 fully saturated rings. The lowest BCUT2D eigenvalue weighted by Crippen LogP contribution is -2.27. The fourth-order valence-corrected chi connectivity index (χ4v) is 1.37. The Balaban J connectivity index is 2.40. The van der Waals surface area contributed by atoms with Gasteiger partial charge in [-0.3, -0.25) is 4.79 Å². The van der Waals surface area contributed by atoms with Crippen LogP contribution in [0.15, 0.2) is 30.3 Å². The van der Waals surface area contributed by atoms with E-state index in [2.05, 4.69) is 5.32 Å². The number of amides is 1. The normalized spacial score (nSPS) is 12.4. The van der Waals surface area contributed by atoms with E-state index in [0.717, 1.165) is 17.7 Å². The molecule has 1 aromatic carbocycles. The first kappa shape index (κ1) is 14.3. The summed E-state index contributed by atoms with van der Waals surface area (Å²) < 4.78 is 5.06. The molecule has 0 aliphatic rings. The van der Waals surface area contributed by atoms with Gasteiger partial charge >= 0.3 is 0 Å². The first-order chi connectivity index (χ1) is 8.61. The maximum atomic E-state index is 11.5. The average Bonchev–Trinajstić information content (AvgIpc) is 2.36. The van der Waals surface area contributed by atoms with Crippen LogP contribution in [0.3, 0.4) is 0 Å². The molecule has 4 heteroatoms. The van der Waals surface area contributed by atoms with Gasteiger partial charge in [-0.25, -0.2) is 0 Å². The van der Waals surface area contributed by atoms with E-state index in [1.54, 1.807) is 13.2 Å². The van der Waals surface area contributed by atoms with Gasteiger partial charge in [-0.2, -0.15) is 0 Å². The maximum Gasteiger partial charge on any atom is 0.243 e. The second-order valence-electron chi connectivity index (χ2n) is 4.16. The van der Waals surface area contributed by atoms with E-state index >= 15 is 0 Å². The van der Waals surface area contributed by atoms with Gasteiger partial charge in [0.15, 0.2) is 0 Å². The summed E-state index contributed by atoms with van der Waals surface area (Å²) in [6.45, 7) is 2.52. The summed E-state index contributed by atoms with van der Waals surface area (Å²) in [6.07, 6.45) is 4.06. The van der Waals surface area contributed by atoms with E-state index < -0.39 is 0 Å². The van der Waals surface area contributed by atoms with Crippen molar-refractivity contribution in [3.8, 4) is 5.75 Å². The number of methoxy groups -OCH3 is 1. The summed E-state index contributed by atoms with van der Waals surface area (Å²) in [5.41, 5.74) is 6.55. The molecule has 18 heavy (non-hydrogen) atoms. The summed E-state index contributed by atoms with van der Waals surface area (Å²) in [5, 5.41) is 2.78. The number of carbonyl (C=O) groups is 1. The zero-order chi connectivity index (χ0) is 13.4. The summed E-state index contributed by atoms with van der Waals surface area (Å²) in [6, 6.07) is 7.60. The molecule has 98 valence electrons.